The molecule has 112 valence electrons. The van der Waals surface area contributed by atoms with Crippen LogP contribution in [-0.4, -0.2) is 20.0 Å². The first kappa shape index (κ1) is 15.6. The van der Waals surface area contributed by atoms with Gasteiger partial charge in [0.2, 0.25) is 0 Å². The van der Waals surface area contributed by atoms with Crippen molar-refractivity contribution in [3.05, 3.63) is 29.3 Å². The largest absolute Gasteiger partial charge is 0.484 e. The number of halogens is 1. The van der Waals surface area contributed by atoms with Gasteiger partial charge in [-0.25, -0.2) is 0 Å². The summed E-state index contributed by atoms with van der Waals surface area (Å²) in [6.45, 7) is 4.74. The van der Waals surface area contributed by atoms with E-state index in [1.165, 1.54) is 5.56 Å². The summed E-state index contributed by atoms with van der Waals surface area (Å²) in [6.07, 6.45) is 2.13. The van der Waals surface area contributed by atoms with Gasteiger partial charge in [-0.2, -0.15) is 0 Å². The minimum atomic E-state index is -0.178. The summed E-state index contributed by atoms with van der Waals surface area (Å²) in [5, 5.41) is 0. The highest BCUT2D eigenvalue weighted by Crippen LogP contribution is 2.47. The second kappa shape index (κ2) is 7.30. The highest BCUT2D eigenvalue weighted by Gasteiger charge is 2.36. The predicted molar refractivity (Wildman–Crippen MR) is 80.2 cm³/mol. The standard InChI is InChI=1S/C16H23ClO3/c1-4-6-13(10-19-11(2)18-3)16-14-8-5-7-12(9-17)15(14)20-16/h5,7-8,11,13,16H,4,6,9-10H2,1-3H3/t11?,13?,16-/m0/s1. The summed E-state index contributed by atoms with van der Waals surface area (Å²) in [7, 11) is 1.65. The number of ether oxygens (including phenoxy) is 3. The number of hydrogen-bond donors (Lipinski definition) is 0. The van der Waals surface area contributed by atoms with Crippen LogP contribution in [0.3, 0.4) is 0 Å². The summed E-state index contributed by atoms with van der Waals surface area (Å²) in [5.41, 5.74) is 2.33. The fraction of sp³-hybridized carbons (Fsp3) is 0.625. The zero-order valence-corrected chi connectivity index (χ0v) is 13.2. The smallest absolute Gasteiger partial charge is 0.154 e. The number of alkyl halides is 1. The SMILES string of the molecule is CCCC(COC(C)OC)[C@@H]1Oc2c(CCl)cccc21. The Morgan fingerprint density at radius 3 is 2.85 bits per heavy atom. The van der Waals surface area contributed by atoms with Crippen molar-refractivity contribution in [3.63, 3.8) is 0 Å². The number of rotatable bonds is 8. The molecule has 0 spiro atoms. The van der Waals surface area contributed by atoms with Crippen LogP contribution in [0.4, 0.5) is 0 Å². The van der Waals surface area contributed by atoms with Gasteiger partial charge in [-0.15, -0.1) is 11.6 Å². The zero-order chi connectivity index (χ0) is 14.5. The molecule has 0 N–H and O–H groups in total. The third-order valence-electron chi connectivity index (χ3n) is 3.79. The van der Waals surface area contributed by atoms with Crippen LogP contribution in [0.1, 0.15) is 43.9 Å². The molecule has 1 aliphatic rings. The number of para-hydroxylation sites is 1. The molecule has 0 bridgehead atoms. The lowest BCUT2D eigenvalue weighted by Gasteiger charge is -2.38. The molecule has 0 fully saturated rings. The average Bonchev–Trinajstić information content (AvgIpc) is 2.45. The van der Waals surface area contributed by atoms with Crippen molar-refractivity contribution >= 4 is 11.6 Å². The van der Waals surface area contributed by atoms with Crippen molar-refractivity contribution in [1.82, 2.24) is 0 Å². The van der Waals surface area contributed by atoms with E-state index in [0.29, 0.717) is 18.4 Å². The quantitative estimate of drug-likeness (QED) is 0.529. The first-order valence-electron chi connectivity index (χ1n) is 7.20. The van der Waals surface area contributed by atoms with Crippen LogP contribution in [0.2, 0.25) is 0 Å². The van der Waals surface area contributed by atoms with Gasteiger partial charge in [-0.1, -0.05) is 31.5 Å². The lowest BCUT2D eigenvalue weighted by atomic mass is 9.87. The molecular weight excluding hydrogens is 276 g/mol. The molecule has 4 heteroatoms. The predicted octanol–water partition coefficient (Wildman–Crippen LogP) is 4.28. The molecule has 1 heterocycles. The third kappa shape index (κ3) is 3.27. The summed E-state index contributed by atoms with van der Waals surface area (Å²) >= 11 is 5.93. The van der Waals surface area contributed by atoms with Crippen molar-refractivity contribution in [2.75, 3.05) is 13.7 Å². The molecular formula is C16H23ClO3. The molecule has 1 aromatic rings. The first-order chi connectivity index (χ1) is 9.71. The summed E-state index contributed by atoms with van der Waals surface area (Å²) in [5.74, 6) is 1.81. The van der Waals surface area contributed by atoms with E-state index in [4.69, 9.17) is 25.8 Å². The van der Waals surface area contributed by atoms with E-state index >= 15 is 0 Å². The minimum Gasteiger partial charge on any atom is -0.484 e. The molecule has 2 unspecified atom stereocenters. The van der Waals surface area contributed by atoms with Crippen molar-refractivity contribution in [2.24, 2.45) is 5.92 Å². The van der Waals surface area contributed by atoms with E-state index in [9.17, 15) is 0 Å². The van der Waals surface area contributed by atoms with Crippen LogP contribution >= 0.6 is 11.6 Å². The third-order valence-corrected chi connectivity index (χ3v) is 4.07. The molecule has 0 aliphatic carbocycles. The van der Waals surface area contributed by atoms with Crippen LogP contribution in [0, 0.1) is 5.92 Å². The molecule has 0 saturated carbocycles. The Hall–Kier alpha value is -0.770. The molecule has 0 saturated heterocycles. The van der Waals surface area contributed by atoms with Crippen LogP contribution in [0.25, 0.3) is 0 Å². The molecule has 1 aliphatic heterocycles. The Morgan fingerprint density at radius 1 is 1.40 bits per heavy atom. The van der Waals surface area contributed by atoms with Gasteiger partial charge in [0.05, 0.1) is 12.5 Å². The first-order valence-corrected chi connectivity index (χ1v) is 7.73. The van der Waals surface area contributed by atoms with Gasteiger partial charge in [-0.3, -0.25) is 0 Å². The van der Waals surface area contributed by atoms with Crippen molar-refractivity contribution < 1.29 is 14.2 Å². The lowest BCUT2D eigenvalue weighted by molar-refractivity contribution is -0.131. The number of methoxy groups -OCH3 is 1. The van der Waals surface area contributed by atoms with Gasteiger partial charge in [0.25, 0.3) is 0 Å². The lowest BCUT2D eigenvalue weighted by Crippen LogP contribution is -2.32. The summed E-state index contributed by atoms with van der Waals surface area (Å²) in [4.78, 5) is 0. The Morgan fingerprint density at radius 2 is 2.20 bits per heavy atom. The van der Waals surface area contributed by atoms with Crippen LogP contribution in [-0.2, 0) is 15.4 Å². The van der Waals surface area contributed by atoms with Gasteiger partial charge < -0.3 is 14.2 Å². The van der Waals surface area contributed by atoms with E-state index < -0.39 is 0 Å². The van der Waals surface area contributed by atoms with Crippen molar-refractivity contribution in [3.8, 4) is 5.75 Å². The van der Waals surface area contributed by atoms with Gasteiger partial charge in [0, 0.05) is 24.2 Å². The average molecular weight is 299 g/mol. The Labute approximate surface area is 126 Å². The summed E-state index contributed by atoms with van der Waals surface area (Å²) in [6, 6.07) is 6.19. The van der Waals surface area contributed by atoms with Gasteiger partial charge in [0.1, 0.15) is 11.9 Å². The Bertz CT molecular complexity index is 436. The minimum absolute atomic E-state index is 0.122. The van der Waals surface area contributed by atoms with E-state index in [0.717, 1.165) is 24.2 Å². The van der Waals surface area contributed by atoms with Crippen molar-refractivity contribution in [1.29, 1.82) is 0 Å². The molecule has 3 nitrogen and oxygen atoms in total. The number of benzene rings is 1. The normalized spacial score (nSPS) is 19.7. The van der Waals surface area contributed by atoms with E-state index in [1.807, 2.05) is 19.1 Å². The van der Waals surface area contributed by atoms with E-state index in [2.05, 4.69) is 13.0 Å². The number of fused-ring (bicyclic) bond motifs is 1. The summed E-state index contributed by atoms with van der Waals surface area (Å²) < 4.78 is 16.8. The fourth-order valence-corrected chi connectivity index (χ4v) is 2.79. The zero-order valence-electron chi connectivity index (χ0n) is 12.4. The second-order valence-corrected chi connectivity index (χ2v) is 5.46. The second-order valence-electron chi connectivity index (χ2n) is 5.19. The molecule has 2 rings (SSSR count). The molecule has 0 aromatic heterocycles. The highest BCUT2D eigenvalue weighted by atomic mass is 35.5. The molecule has 0 radical (unpaired) electrons. The fourth-order valence-electron chi connectivity index (χ4n) is 2.58. The van der Waals surface area contributed by atoms with E-state index in [-0.39, 0.29) is 12.4 Å². The molecule has 1 aromatic carbocycles. The molecule has 3 atom stereocenters. The Kier molecular flexibility index (Phi) is 5.70. The molecule has 20 heavy (non-hydrogen) atoms. The maximum absolute atomic E-state index is 5.98. The highest BCUT2D eigenvalue weighted by molar-refractivity contribution is 6.17. The maximum atomic E-state index is 5.98. The van der Waals surface area contributed by atoms with E-state index in [1.54, 1.807) is 7.11 Å². The number of hydrogen-bond acceptors (Lipinski definition) is 3. The molecule has 0 amide bonds. The van der Waals surface area contributed by atoms with Crippen molar-refractivity contribution in [2.45, 2.75) is 45.0 Å². The van der Waals surface area contributed by atoms with Crippen LogP contribution in [0.5, 0.6) is 5.75 Å². The Balaban J connectivity index is 2.04. The monoisotopic (exact) mass is 298 g/mol. The van der Waals surface area contributed by atoms with Crippen LogP contribution < -0.4 is 4.74 Å². The van der Waals surface area contributed by atoms with Gasteiger partial charge in [0.15, 0.2) is 6.29 Å². The van der Waals surface area contributed by atoms with Gasteiger partial charge in [-0.05, 0) is 13.3 Å². The maximum Gasteiger partial charge on any atom is 0.154 e. The van der Waals surface area contributed by atoms with Crippen LogP contribution in [0.15, 0.2) is 18.2 Å². The van der Waals surface area contributed by atoms with Gasteiger partial charge >= 0.3 is 0 Å². The topological polar surface area (TPSA) is 27.7 Å².